The average molecular weight is 374 g/mol. The summed E-state index contributed by atoms with van der Waals surface area (Å²) in [6, 6.07) is 12.1. The first-order chi connectivity index (χ1) is 12.7. The van der Waals surface area contributed by atoms with E-state index in [0.717, 1.165) is 50.5 Å². The monoisotopic (exact) mass is 373 g/mol. The second-order valence-corrected chi connectivity index (χ2v) is 7.67. The molecular formula is C20H27N3O2S. The molecule has 1 saturated heterocycles. The van der Waals surface area contributed by atoms with Gasteiger partial charge in [-0.2, -0.15) is 0 Å². The van der Waals surface area contributed by atoms with Gasteiger partial charge >= 0.3 is 6.03 Å². The molecule has 2 heterocycles. The molecular weight excluding hydrogens is 346 g/mol. The molecule has 1 aromatic heterocycles. The van der Waals surface area contributed by atoms with Gasteiger partial charge in [0.25, 0.3) is 0 Å². The van der Waals surface area contributed by atoms with Crippen molar-refractivity contribution in [2.24, 2.45) is 0 Å². The van der Waals surface area contributed by atoms with Gasteiger partial charge in [0.2, 0.25) is 0 Å². The summed E-state index contributed by atoms with van der Waals surface area (Å²) in [5.41, 5.74) is 1.08. The molecule has 0 unspecified atom stereocenters. The number of nitrogens with one attached hydrogen (secondary N) is 1. The number of thiophene rings is 1. The van der Waals surface area contributed by atoms with E-state index in [1.54, 1.807) is 18.4 Å². The Labute approximate surface area is 159 Å². The van der Waals surface area contributed by atoms with Crippen molar-refractivity contribution in [1.29, 1.82) is 0 Å². The molecule has 0 spiro atoms. The summed E-state index contributed by atoms with van der Waals surface area (Å²) in [5.74, 6) is 0.825. The minimum absolute atomic E-state index is 0.0197. The third-order valence-corrected chi connectivity index (χ3v) is 5.65. The highest BCUT2D eigenvalue weighted by atomic mass is 32.1. The summed E-state index contributed by atoms with van der Waals surface area (Å²) in [6.07, 6.45) is 1.01. The number of amides is 2. The average Bonchev–Trinajstić information content (AvgIpc) is 3.05. The smallest absolute Gasteiger partial charge is 0.317 e. The summed E-state index contributed by atoms with van der Waals surface area (Å²) in [4.78, 5) is 18.4. The molecule has 140 valence electrons. The van der Waals surface area contributed by atoms with E-state index in [-0.39, 0.29) is 12.1 Å². The third-order valence-electron chi connectivity index (χ3n) is 4.79. The minimum atomic E-state index is -0.0288. The van der Waals surface area contributed by atoms with E-state index in [2.05, 4.69) is 27.7 Å². The van der Waals surface area contributed by atoms with Crippen LogP contribution in [0, 0.1) is 0 Å². The highest BCUT2D eigenvalue weighted by Gasteiger charge is 2.20. The number of rotatable bonds is 5. The fourth-order valence-corrected chi connectivity index (χ4v) is 3.95. The Balaban J connectivity index is 1.50. The van der Waals surface area contributed by atoms with Crippen LogP contribution in [0.1, 0.15) is 29.8 Å². The zero-order valence-corrected chi connectivity index (χ0v) is 16.3. The maximum atomic E-state index is 12.7. The number of urea groups is 1. The SMILES string of the molecule is COc1ccc([C@@H](C)NC(=O)N2CCCN(Cc3cccs3)CC2)cc1. The van der Waals surface area contributed by atoms with Crippen molar-refractivity contribution in [2.75, 3.05) is 33.3 Å². The maximum Gasteiger partial charge on any atom is 0.317 e. The van der Waals surface area contributed by atoms with Crippen LogP contribution in [-0.4, -0.2) is 49.1 Å². The van der Waals surface area contributed by atoms with Crippen LogP contribution in [0.15, 0.2) is 41.8 Å². The fraction of sp³-hybridized carbons (Fsp3) is 0.450. The van der Waals surface area contributed by atoms with Crippen molar-refractivity contribution in [2.45, 2.75) is 25.9 Å². The van der Waals surface area contributed by atoms with Gasteiger partial charge in [0.1, 0.15) is 5.75 Å². The highest BCUT2D eigenvalue weighted by Crippen LogP contribution is 2.18. The van der Waals surface area contributed by atoms with Crippen molar-refractivity contribution in [3.8, 4) is 5.75 Å². The first-order valence-corrected chi connectivity index (χ1v) is 9.98. The Bertz CT molecular complexity index is 688. The van der Waals surface area contributed by atoms with Crippen LogP contribution in [0.4, 0.5) is 4.79 Å². The van der Waals surface area contributed by atoms with E-state index in [4.69, 9.17) is 4.74 Å². The predicted octanol–water partition coefficient (Wildman–Crippen LogP) is 3.74. The van der Waals surface area contributed by atoms with Crippen LogP contribution >= 0.6 is 11.3 Å². The number of carbonyl (C=O) groups excluding carboxylic acids is 1. The van der Waals surface area contributed by atoms with E-state index in [1.165, 1.54) is 4.88 Å². The first kappa shape index (κ1) is 18.7. The van der Waals surface area contributed by atoms with Gasteiger partial charge in [-0.25, -0.2) is 4.79 Å². The molecule has 0 bridgehead atoms. The Hall–Kier alpha value is -2.05. The lowest BCUT2D eigenvalue weighted by Gasteiger charge is -2.24. The van der Waals surface area contributed by atoms with E-state index in [9.17, 15) is 4.79 Å². The normalized spacial score (nSPS) is 16.8. The van der Waals surface area contributed by atoms with Gasteiger partial charge < -0.3 is 15.0 Å². The molecule has 1 N–H and O–H groups in total. The zero-order valence-electron chi connectivity index (χ0n) is 15.5. The van der Waals surface area contributed by atoms with E-state index in [0.29, 0.717) is 0 Å². The molecule has 2 aromatic rings. The van der Waals surface area contributed by atoms with Gasteiger partial charge in [-0.15, -0.1) is 11.3 Å². The minimum Gasteiger partial charge on any atom is -0.497 e. The van der Waals surface area contributed by atoms with Crippen molar-refractivity contribution in [3.05, 3.63) is 52.2 Å². The van der Waals surface area contributed by atoms with Crippen molar-refractivity contribution in [3.63, 3.8) is 0 Å². The van der Waals surface area contributed by atoms with E-state index < -0.39 is 0 Å². The Morgan fingerprint density at radius 3 is 2.69 bits per heavy atom. The second kappa shape index (κ2) is 9.05. The molecule has 1 aliphatic heterocycles. The lowest BCUT2D eigenvalue weighted by molar-refractivity contribution is 0.194. The zero-order chi connectivity index (χ0) is 18.4. The van der Waals surface area contributed by atoms with Crippen molar-refractivity contribution < 1.29 is 9.53 Å². The number of hydrogen-bond acceptors (Lipinski definition) is 4. The third kappa shape index (κ3) is 4.99. The molecule has 1 aliphatic rings. The van der Waals surface area contributed by atoms with Gasteiger partial charge in [-0.05, 0) is 42.5 Å². The topological polar surface area (TPSA) is 44.8 Å². The molecule has 1 fully saturated rings. The van der Waals surface area contributed by atoms with E-state index in [1.807, 2.05) is 36.1 Å². The summed E-state index contributed by atoms with van der Waals surface area (Å²) in [7, 11) is 1.65. The second-order valence-electron chi connectivity index (χ2n) is 6.64. The highest BCUT2D eigenvalue weighted by molar-refractivity contribution is 7.09. The summed E-state index contributed by atoms with van der Waals surface area (Å²) >= 11 is 1.80. The number of benzene rings is 1. The largest absolute Gasteiger partial charge is 0.497 e. The predicted molar refractivity (Wildman–Crippen MR) is 106 cm³/mol. The summed E-state index contributed by atoms with van der Waals surface area (Å²) < 4.78 is 5.19. The lowest BCUT2D eigenvalue weighted by Crippen LogP contribution is -2.42. The molecule has 0 saturated carbocycles. The number of ether oxygens (including phenoxy) is 1. The van der Waals surface area contributed by atoms with Gasteiger partial charge in [-0.1, -0.05) is 18.2 Å². The fourth-order valence-electron chi connectivity index (χ4n) is 3.21. The van der Waals surface area contributed by atoms with Gasteiger partial charge in [0.05, 0.1) is 13.2 Å². The number of nitrogens with zero attached hydrogens (tertiary/aromatic N) is 2. The molecule has 1 atom stereocenters. The Morgan fingerprint density at radius 2 is 2.00 bits per heavy atom. The molecule has 0 radical (unpaired) electrons. The van der Waals surface area contributed by atoms with Crippen LogP contribution in [0.25, 0.3) is 0 Å². The van der Waals surface area contributed by atoms with E-state index >= 15 is 0 Å². The Morgan fingerprint density at radius 1 is 1.19 bits per heavy atom. The quantitative estimate of drug-likeness (QED) is 0.868. The maximum absolute atomic E-state index is 12.7. The van der Waals surface area contributed by atoms with Crippen molar-refractivity contribution >= 4 is 17.4 Å². The lowest BCUT2D eigenvalue weighted by atomic mass is 10.1. The summed E-state index contributed by atoms with van der Waals surface area (Å²) in [6.45, 7) is 6.53. The first-order valence-electron chi connectivity index (χ1n) is 9.10. The molecule has 0 aliphatic carbocycles. The van der Waals surface area contributed by atoms with Crippen LogP contribution in [-0.2, 0) is 6.54 Å². The Kier molecular flexibility index (Phi) is 6.52. The molecule has 5 nitrogen and oxygen atoms in total. The number of methoxy groups -OCH3 is 1. The van der Waals surface area contributed by atoms with Crippen LogP contribution in [0.5, 0.6) is 5.75 Å². The standard InChI is InChI=1S/C20H27N3O2S/c1-16(17-6-8-18(25-2)9-7-17)21-20(24)23-11-4-10-22(12-13-23)15-19-5-3-14-26-19/h3,5-9,14,16H,4,10-13,15H2,1-2H3,(H,21,24)/t16-/m1/s1. The van der Waals surface area contributed by atoms with Gasteiger partial charge in [-0.3, -0.25) is 4.90 Å². The van der Waals surface area contributed by atoms with Crippen LogP contribution in [0.3, 0.4) is 0 Å². The molecule has 1 aromatic carbocycles. The molecule has 26 heavy (non-hydrogen) atoms. The van der Waals surface area contributed by atoms with Crippen LogP contribution in [0.2, 0.25) is 0 Å². The number of hydrogen-bond donors (Lipinski definition) is 1. The van der Waals surface area contributed by atoms with Gasteiger partial charge in [0.15, 0.2) is 0 Å². The van der Waals surface area contributed by atoms with Crippen LogP contribution < -0.4 is 10.1 Å². The summed E-state index contributed by atoms with van der Waals surface area (Å²) in [5, 5.41) is 5.24. The van der Waals surface area contributed by atoms with Crippen molar-refractivity contribution in [1.82, 2.24) is 15.1 Å². The molecule has 6 heteroatoms. The molecule has 2 amide bonds. The number of carbonyl (C=O) groups is 1. The van der Waals surface area contributed by atoms with Gasteiger partial charge in [0, 0.05) is 37.6 Å². The molecule has 3 rings (SSSR count).